The van der Waals surface area contributed by atoms with Crippen molar-refractivity contribution < 1.29 is 4.79 Å². The van der Waals surface area contributed by atoms with Crippen molar-refractivity contribution in [2.45, 2.75) is 6.54 Å². The van der Waals surface area contributed by atoms with Gasteiger partial charge in [-0.15, -0.1) is 11.3 Å². The molecule has 0 spiro atoms. The molecule has 0 atom stereocenters. The fraction of sp³-hybridized carbons (Fsp3) is 0.286. The average Bonchev–Trinajstić information content (AvgIpc) is 3.19. The van der Waals surface area contributed by atoms with Crippen LogP contribution in [0, 0.1) is 0 Å². The molecule has 0 unspecified atom stereocenters. The van der Waals surface area contributed by atoms with E-state index in [0.29, 0.717) is 18.1 Å². The van der Waals surface area contributed by atoms with Crippen LogP contribution in [0.4, 0.5) is 0 Å². The molecule has 0 aliphatic carbocycles. The van der Waals surface area contributed by atoms with Gasteiger partial charge in [0.15, 0.2) is 0 Å². The van der Waals surface area contributed by atoms with Gasteiger partial charge in [0.05, 0.1) is 5.69 Å². The molecule has 1 aliphatic heterocycles. The van der Waals surface area contributed by atoms with Crippen molar-refractivity contribution in [3.05, 3.63) is 74.6 Å². The third kappa shape index (κ3) is 4.42. The van der Waals surface area contributed by atoms with E-state index in [1.165, 1.54) is 4.57 Å². The van der Waals surface area contributed by atoms with Crippen molar-refractivity contribution in [2.24, 2.45) is 7.05 Å². The number of benzene rings is 1. The van der Waals surface area contributed by atoms with Crippen LogP contribution in [0.15, 0.2) is 52.8 Å². The Hall–Kier alpha value is -2.48. The monoisotopic (exact) mass is 428 g/mol. The molecule has 0 bridgehead atoms. The first kappa shape index (κ1) is 19.8. The molecule has 1 aromatic carbocycles. The van der Waals surface area contributed by atoms with Gasteiger partial charge < -0.3 is 9.47 Å². The van der Waals surface area contributed by atoms with E-state index in [1.807, 2.05) is 24.3 Å². The lowest BCUT2D eigenvalue weighted by atomic mass is 10.2. The summed E-state index contributed by atoms with van der Waals surface area (Å²) >= 11 is 7.57. The summed E-state index contributed by atoms with van der Waals surface area (Å²) in [6.07, 6.45) is 1.66. The van der Waals surface area contributed by atoms with Crippen molar-refractivity contribution in [2.75, 3.05) is 26.2 Å². The van der Waals surface area contributed by atoms with Gasteiger partial charge >= 0.3 is 0 Å². The number of pyridine rings is 1. The van der Waals surface area contributed by atoms with E-state index in [2.05, 4.69) is 10.3 Å². The van der Waals surface area contributed by atoms with Crippen LogP contribution >= 0.6 is 22.9 Å². The van der Waals surface area contributed by atoms with Gasteiger partial charge in [0.25, 0.3) is 11.5 Å². The van der Waals surface area contributed by atoms with Crippen LogP contribution in [0.3, 0.4) is 0 Å². The highest BCUT2D eigenvalue weighted by Gasteiger charge is 2.24. The molecule has 0 N–H and O–H groups in total. The summed E-state index contributed by atoms with van der Waals surface area (Å²) in [6, 6.07) is 11.0. The summed E-state index contributed by atoms with van der Waals surface area (Å²) in [5, 5.41) is 3.77. The number of piperazine rings is 1. The summed E-state index contributed by atoms with van der Waals surface area (Å²) in [5.41, 5.74) is 2.06. The number of halogens is 1. The molecule has 0 radical (unpaired) electrons. The molecule has 3 aromatic rings. The molecule has 0 saturated carbocycles. The molecule has 1 saturated heterocycles. The first-order valence-electron chi connectivity index (χ1n) is 9.39. The topological polar surface area (TPSA) is 58.4 Å². The Bertz CT molecular complexity index is 1070. The number of hydrogen-bond donors (Lipinski definition) is 0. The van der Waals surface area contributed by atoms with E-state index in [1.54, 1.807) is 41.6 Å². The summed E-state index contributed by atoms with van der Waals surface area (Å²) in [5.74, 6) is -0.190. The Kier molecular flexibility index (Phi) is 5.80. The van der Waals surface area contributed by atoms with Crippen LogP contribution in [0.2, 0.25) is 5.02 Å². The van der Waals surface area contributed by atoms with Gasteiger partial charge in [-0.05, 0) is 24.3 Å². The number of carbonyl (C=O) groups is 1. The van der Waals surface area contributed by atoms with E-state index in [-0.39, 0.29) is 17.0 Å². The second kappa shape index (κ2) is 8.49. The molecule has 4 rings (SSSR count). The second-order valence-corrected chi connectivity index (χ2v) is 8.35. The minimum Gasteiger partial charge on any atom is -0.336 e. The highest BCUT2D eigenvalue weighted by molar-refractivity contribution is 7.13. The molecule has 1 aliphatic rings. The highest BCUT2D eigenvalue weighted by Crippen LogP contribution is 2.25. The number of aryl methyl sites for hydroxylation is 1. The maximum atomic E-state index is 12.7. The lowest BCUT2D eigenvalue weighted by Gasteiger charge is -2.34. The minimum atomic E-state index is -0.253. The Morgan fingerprint density at radius 3 is 2.59 bits per heavy atom. The standard InChI is InChI=1S/C21H21ClN4O2S/c1-24-8-2-3-18(20(24)27)21(28)26-11-9-25(10-12-26)13-17-14-29-19(23-17)15-4-6-16(22)7-5-15/h2-8,14H,9-13H2,1H3. The zero-order chi connectivity index (χ0) is 20.4. The molecule has 8 heteroatoms. The molecular formula is C21H21ClN4O2S. The molecule has 1 amide bonds. The largest absolute Gasteiger partial charge is 0.336 e. The lowest BCUT2D eigenvalue weighted by molar-refractivity contribution is 0.0625. The quantitative estimate of drug-likeness (QED) is 0.640. The predicted molar refractivity (Wildman–Crippen MR) is 115 cm³/mol. The number of carbonyl (C=O) groups excluding carboxylic acids is 1. The highest BCUT2D eigenvalue weighted by atomic mass is 35.5. The molecule has 29 heavy (non-hydrogen) atoms. The average molecular weight is 429 g/mol. The van der Waals surface area contributed by atoms with Crippen LogP contribution in [0.1, 0.15) is 16.1 Å². The summed E-state index contributed by atoms with van der Waals surface area (Å²) < 4.78 is 1.43. The number of hydrogen-bond acceptors (Lipinski definition) is 5. The zero-order valence-electron chi connectivity index (χ0n) is 16.0. The number of amides is 1. The van der Waals surface area contributed by atoms with Crippen molar-refractivity contribution in [1.29, 1.82) is 0 Å². The van der Waals surface area contributed by atoms with Gasteiger partial charge in [0.1, 0.15) is 10.6 Å². The van der Waals surface area contributed by atoms with Crippen LogP contribution in [-0.4, -0.2) is 51.4 Å². The Morgan fingerprint density at radius 2 is 1.86 bits per heavy atom. The van der Waals surface area contributed by atoms with Gasteiger partial charge in [-0.1, -0.05) is 23.7 Å². The van der Waals surface area contributed by atoms with E-state index < -0.39 is 0 Å². The molecule has 6 nitrogen and oxygen atoms in total. The second-order valence-electron chi connectivity index (χ2n) is 7.06. The molecule has 150 valence electrons. The van der Waals surface area contributed by atoms with Gasteiger partial charge in [-0.25, -0.2) is 4.98 Å². The van der Waals surface area contributed by atoms with Crippen LogP contribution in [-0.2, 0) is 13.6 Å². The first-order valence-corrected chi connectivity index (χ1v) is 10.6. The van der Waals surface area contributed by atoms with Crippen LogP contribution in [0.5, 0.6) is 0 Å². The summed E-state index contributed by atoms with van der Waals surface area (Å²) in [6.45, 7) is 3.47. The maximum absolute atomic E-state index is 12.7. The number of aromatic nitrogens is 2. The fourth-order valence-electron chi connectivity index (χ4n) is 3.37. The summed E-state index contributed by atoms with van der Waals surface area (Å²) in [7, 11) is 1.66. The number of thiazole rings is 1. The van der Waals surface area contributed by atoms with E-state index in [9.17, 15) is 9.59 Å². The fourth-order valence-corrected chi connectivity index (χ4v) is 4.32. The lowest BCUT2D eigenvalue weighted by Crippen LogP contribution is -2.49. The van der Waals surface area contributed by atoms with Gasteiger partial charge in [-0.2, -0.15) is 0 Å². The zero-order valence-corrected chi connectivity index (χ0v) is 17.6. The van der Waals surface area contributed by atoms with Crippen LogP contribution < -0.4 is 5.56 Å². The Balaban J connectivity index is 1.36. The van der Waals surface area contributed by atoms with Gasteiger partial charge in [0.2, 0.25) is 0 Å². The van der Waals surface area contributed by atoms with Crippen molar-refractivity contribution in [1.82, 2.24) is 19.4 Å². The molecule has 1 fully saturated rings. The van der Waals surface area contributed by atoms with Gasteiger partial charge in [-0.3, -0.25) is 14.5 Å². The maximum Gasteiger partial charge on any atom is 0.263 e. The van der Waals surface area contributed by atoms with E-state index in [0.717, 1.165) is 35.9 Å². The normalized spacial score (nSPS) is 14.9. The SMILES string of the molecule is Cn1cccc(C(=O)N2CCN(Cc3csc(-c4ccc(Cl)cc4)n3)CC2)c1=O. The smallest absolute Gasteiger partial charge is 0.263 e. The van der Waals surface area contributed by atoms with Gasteiger partial charge in [0, 0.05) is 61.9 Å². The Morgan fingerprint density at radius 1 is 1.14 bits per heavy atom. The third-order valence-electron chi connectivity index (χ3n) is 5.04. The predicted octanol–water partition coefficient (Wildman–Crippen LogP) is 3.12. The van der Waals surface area contributed by atoms with E-state index in [4.69, 9.17) is 16.6 Å². The Labute approximate surface area is 178 Å². The molecular weight excluding hydrogens is 408 g/mol. The van der Waals surface area contributed by atoms with E-state index >= 15 is 0 Å². The third-order valence-corrected chi connectivity index (χ3v) is 6.23. The van der Waals surface area contributed by atoms with Crippen LogP contribution in [0.25, 0.3) is 10.6 Å². The first-order chi connectivity index (χ1) is 14.0. The summed E-state index contributed by atoms with van der Waals surface area (Å²) in [4.78, 5) is 33.7. The van der Waals surface area contributed by atoms with Crippen molar-refractivity contribution in [3.63, 3.8) is 0 Å². The van der Waals surface area contributed by atoms with Crippen molar-refractivity contribution >= 4 is 28.8 Å². The molecule has 3 heterocycles. The molecule has 2 aromatic heterocycles. The number of nitrogens with zero attached hydrogens (tertiary/aromatic N) is 4. The minimum absolute atomic E-state index is 0.190. The van der Waals surface area contributed by atoms with Crippen molar-refractivity contribution in [3.8, 4) is 10.6 Å². The number of rotatable bonds is 4.